The minimum absolute atomic E-state index is 0.112. The lowest BCUT2D eigenvalue weighted by Gasteiger charge is -2.29. The van der Waals surface area contributed by atoms with E-state index in [1.165, 1.54) is 0 Å². The Bertz CT molecular complexity index is 309. The maximum absolute atomic E-state index is 11.5. The van der Waals surface area contributed by atoms with Gasteiger partial charge in [-0.2, -0.15) is 0 Å². The van der Waals surface area contributed by atoms with Gasteiger partial charge in [-0.15, -0.1) is 0 Å². The van der Waals surface area contributed by atoms with Crippen LogP contribution in [-0.4, -0.2) is 11.9 Å². The van der Waals surface area contributed by atoms with Crippen LogP contribution >= 0.6 is 0 Å². The van der Waals surface area contributed by atoms with Crippen molar-refractivity contribution in [3.8, 4) is 0 Å². The third-order valence-electron chi connectivity index (χ3n) is 4.33. The summed E-state index contributed by atoms with van der Waals surface area (Å²) in [7, 11) is 0. The first-order chi connectivity index (χ1) is 6.14. The van der Waals surface area contributed by atoms with Gasteiger partial charge in [0.25, 0.3) is 0 Å². The van der Waals surface area contributed by atoms with Gasteiger partial charge in [0.15, 0.2) is 0 Å². The summed E-state index contributed by atoms with van der Waals surface area (Å²) in [5.41, 5.74) is -0.458. The second-order valence-electron chi connectivity index (χ2n) is 4.74. The van der Waals surface area contributed by atoms with Crippen LogP contribution in [0.2, 0.25) is 0 Å². The zero-order valence-corrected chi connectivity index (χ0v) is 7.58. The van der Waals surface area contributed by atoms with Crippen LogP contribution in [0.25, 0.3) is 0 Å². The van der Waals surface area contributed by atoms with Crippen molar-refractivity contribution in [2.24, 2.45) is 23.2 Å². The molecule has 3 nitrogen and oxygen atoms in total. The van der Waals surface area contributed by atoms with Crippen molar-refractivity contribution in [1.82, 2.24) is 0 Å². The fourth-order valence-electron chi connectivity index (χ4n) is 3.60. The fraction of sp³-hybridized carbons (Fsp3) is 0.800. The number of hydrogen-bond acceptors (Lipinski definition) is 3. The molecule has 3 rings (SSSR count). The number of hydrogen-bond donors (Lipinski definition) is 0. The summed E-state index contributed by atoms with van der Waals surface area (Å²) < 4.78 is 4.73. The average Bonchev–Trinajstić information content (AvgIpc) is 2.66. The molecule has 3 heteroatoms. The predicted molar refractivity (Wildman–Crippen MR) is 43.5 cm³/mol. The van der Waals surface area contributed by atoms with Crippen LogP contribution in [0.1, 0.15) is 26.2 Å². The third kappa shape index (κ3) is 0.640. The van der Waals surface area contributed by atoms with Crippen molar-refractivity contribution >= 4 is 11.9 Å². The van der Waals surface area contributed by atoms with Crippen molar-refractivity contribution < 1.29 is 14.3 Å². The molecule has 3 fully saturated rings. The maximum Gasteiger partial charge on any atom is 0.320 e. The first kappa shape index (κ1) is 7.54. The SMILES string of the molecule is C[C@@]12C(=O)OC(=O)[C@H]1[C@@H]1CC[C@@H]2C1. The van der Waals surface area contributed by atoms with Crippen molar-refractivity contribution in [3.63, 3.8) is 0 Å². The number of rotatable bonds is 0. The summed E-state index contributed by atoms with van der Waals surface area (Å²) in [4.78, 5) is 23.0. The van der Waals surface area contributed by atoms with Crippen molar-refractivity contribution in [2.45, 2.75) is 26.2 Å². The largest absolute Gasteiger partial charge is 0.392 e. The van der Waals surface area contributed by atoms with Gasteiger partial charge >= 0.3 is 11.9 Å². The van der Waals surface area contributed by atoms with Crippen LogP contribution < -0.4 is 0 Å². The molecular formula is C10H12O3. The van der Waals surface area contributed by atoms with Crippen molar-refractivity contribution in [1.29, 1.82) is 0 Å². The zero-order chi connectivity index (χ0) is 9.22. The quantitative estimate of drug-likeness (QED) is 0.414. The summed E-state index contributed by atoms with van der Waals surface area (Å²) in [5.74, 6) is 0.184. The van der Waals surface area contributed by atoms with Gasteiger partial charge in [-0.25, -0.2) is 0 Å². The van der Waals surface area contributed by atoms with Crippen LogP contribution in [0.4, 0.5) is 0 Å². The second-order valence-corrected chi connectivity index (χ2v) is 4.74. The molecule has 2 aliphatic carbocycles. The van der Waals surface area contributed by atoms with E-state index in [2.05, 4.69) is 0 Å². The minimum Gasteiger partial charge on any atom is -0.392 e. The number of ether oxygens (including phenoxy) is 1. The molecule has 0 unspecified atom stereocenters. The Morgan fingerprint density at radius 2 is 2.15 bits per heavy atom. The molecule has 2 saturated carbocycles. The molecule has 4 atom stereocenters. The molecule has 0 aromatic heterocycles. The molecule has 0 aromatic rings. The van der Waals surface area contributed by atoms with Gasteiger partial charge < -0.3 is 4.74 Å². The van der Waals surface area contributed by atoms with E-state index in [1.54, 1.807) is 0 Å². The normalized spacial score (nSPS) is 52.5. The van der Waals surface area contributed by atoms with Gasteiger partial charge in [-0.3, -0.25) is 9.59 Å². The standard InChI is InChI=1S/C10H12O3/c1-10-6-3-2-5(4-6)7(10)8(11)13-9(10)12/h5-7H,2-4H2,1H3/t5-,6-,7-,10+/m1/s1. The van der Waals surface area contributed by atoms with Gasteiger partial charge in [-0.1, -0.05) is 0 Å². The maximum atomic E-state index is 11.5. The molecule has 2 bridgehead atoms. The van der Waals surface area contributed by atoms with Gasteiger partial charge in [0.05, 0.1) is 11.3 Å². The molecule has 0 spiro atoms. The highest BCUT2D eigenvalue weighted by Gasteiger charge is 2.67. The molecule has 70 valence electrons. The van der Waals surface area contributed by atoms with Crippen molar-refractivity contribution in [3.05, 3.63) is 0 Å². The van der Waals surface area contributed by atoms with Gasteiger partial charge in [0, 0.05) is 0 Å². The Hall–Kier alpha value is -0.860. The van der Waals surface area contributed by atoms with Crippen LogP contribution in [0.3, 0.4) is 0 Å². The van der Waals surface area contributed by atoms with Crippen molar-refractivity contribution in [2.75, 3.05) is 0 Å². The highest BCUT2D eigenvalue weighted by molar-refractivity contribution is 6.00. The topological polar surface area (TPSA) is 43.4 Å². The van der Waals surface area contributed by atoms with Gasteiger partial charge in [-0.05, 0) is 38.0 Å². The summed E-state index contributed by atoms with van der Waals surface area (Å²) in [6, 6.07) is 0. The van der Waals surface area contributed by atoms with Crippen LogP contribution in [0, 0.1) is 23.2 Å². The Kier molecular flexibility index (Phi) is 1.14. The van der Waals surface area contributed by atoms with Crippen LogP contribution in [0.15, 0.2) is 0 Å². The molecular weight excluding hydrogens is 168 g/mol. The van der Waals surface area contributed by atoms with E-state index < -0.39 is 5.41 Å². The smallest absolute Gasteiger partial charge is 0.320 e. The second kappa shape index (κ2) is 1.97. The molecule has 0 aromatic carbocycles. The molecule has 3 aliphatic rings. The molecule has 0 radical (unpaired) electrons. The number of carbonyl (C=O) groups is 2. The van der Waals surface area contributed by atoms with E-state index in [0.29, 0.717) is 11.8 Å². The Morgan fingerprint density at radius 1 is 1.38 bits per heavy atom. The molecule has 1 heterocycles. The first-order valence-corrected chi connectivity index (χ1v) is 4.90. The third-order valence-corrected chi connectivity index (χ3v) is 4.33. The number of cyclic esters (lactones) is 2. The number of esters is 2. The lowest BCUT2D eigenvalue weighted by Crippen LogP contribution is -2.36. The first-order valence-electron chi connectivity index (χ1n) is 4.90. The molecule has 1 aliphatic heterocycles. The number of carbonyl (C=O) groups excluding carboxylic acids is 2. The van der Waals surface area contributed by atoms with Gasteiger partial charge in [0.1, 0.15) is 0 Å². The predicted octanol–water partition coefficient (Wildman–Crippen LogP) is 1.12. The Morgan fingerprint density at radius 3 is 2.85 bits per heavy atom. The summed E-state index contributed by atoms with van der Waals surface area (Å²) in [5, 5.41) is 0. The average molecular weight is 180 g/mol. The van der Waals surface area contributed by atoms with Crippen LogP contribution in [0.5, 0.6) is 0 Å². The van der Waals surface area contributed by atoms with E-state index in [-0.39, 0.29) is 17.9 Å². The molecule has 0 amide bonds. The lowest BCUT2D eigenvalue weighted by molar-refractivity contribution is -0.156. The van der Waals surface area contributed by atoms with Gasteiger partial charge in [0.2, 0.25) is 0 Å². The molecule has 0 N–H and O–H groups in total. The van der Waals surface area contributed by atoms with Crippen LogP contribution in [-0.2, 0) is 14.3 Å². The van der Waals surface area contributed by atoms with E-state index in [0.717, 1.165) is 19.3 Å². The zero-order valence-electron chi connectivity index (χ0n) is 7.58. The Balaban J connectivity index is 2.12. The molecule has 13 heavy (non-hydrogen) atoms. The summed E-state index contributed by atoms with van der Waals surface area (Å²) in [6.07, 6.45) is 3.26. The van der Waals surface area contributed by atoms with E-state index in [4.69, 9.17) is 4.74 Å². The lowest BCUT2D eigenvalue weighted by atomic mass is 9.69. The number of fused-ring (bicyclic) bond motifs is 5. The van der Waals surface area contributed by atoms with E-state index >= 15 is 0 Å². The molecule has 1 saturated heterocycles. The Labute approximate surface area is 76.4 Å². The highest BCUT2D eigenvalue weighted by atomic mass is 16.6. The fourth-order valence-corrected chi connectivity index (χ4v) is 3.60. The summed E-state index contributed by atoms with van der Waals surface area (Å²) >= 11 is 0. The monoisotopic (exact) mass is 180 g/mol. The minimum atomic E-state index is -0.458. The summed E-state index contributed by atoms with van der Waals surface area (Å²) in [6.45, 7) is 1.91. The van der Waals surface area contributed by atoms with E-state index in [1.807, 2.05) is 6.92 Å². The highest BCUT2D eigenvalue weighted by Crippen LogP contribution is 2.62. The van der Waals surface area contributed by atoms with E-state index in [9.17, 15) is 9.59 Å².